The summed E-state index contributed by atoms with van der Waals surface area (Å²) in [7, 11) is -3.06. The van der Waals surface area contributed by atoms with Gasteiger partial charge in [-0.25, -0.2) is 4.79 Å². The fraction of sp³-hybridized carbons (Fsp3) is 0.926. The lowest BCUT2D eigenvalue weighted by Gasteiger charge is -2.16. The average Bonchev–Trinajstić information content (AvgIpc) is 2.93. The number of carbonyl (C=O) groups is 2. The molecule has 0 heterocycles. The number of hydrogen-bond donors (Lipinski definition) is 2. The van der Waals surface area contributed by atoms with Gasteiger partial charge in [0.2, 0.25) is 5.91 Å². The summed E-state index contributed by atoms with van der Waals surface area (Å²) < 4.78 is 44.2. The van der Waals surface area contributed by atoms with E-state index in [1.807, 2.05) is 0 Å². The zero-order valence-corrected chi connectivity index (χ0v) is 26.8. The zero-order valence-electron chi connectivity index (χ0n) is 25.1. The summed E-state index contributed by atoms with van der Waals surface area (Å²) in [5.41, 5.74) is 0. The Hall–Kier alpha value is -0.880. The maximum Gasteiger partial charge on any atom is 0.407 e. The number of unbranched alkanes of at least 4 members (excludes halogenated alkanes) is 5. The number of ether oxygens (including phenoxy) is 4. The molecule has 2 amide bonds. The fourth-order valence-corrected chi connectivity index (χ4v) is 5.70. The summed E-state index contributed by atoms with van der Waals surface area (Å²) in [4.78, 5) is 23.5. The van der Waals surface area contributed by atoms with Crippen LogP contribution in [-0.2, 0) is 37.4 Å². The molecule has 2 N–H and O–H groups in total. The molecule has 0 unspecified atom stereocenters. The molecule has 238 valence electrons. The first kappa shape index (κ1) is 39.1. The van der Waals surface area contributed by atoms with E-state index in [0.29, 0.717) is 72.4 Å². The predicted octanol–water partition coefficient (Wildman–Crippen LogP) is 5.02. The van der Waals surface area contributed by atoms with Gasteiger partial charge in [0.1, 0.15) is 0 Å². The predicted molar refractivity (Wildman–Crippen MR) is 160 cm³/mol. The third-order valence-electron chi connectivity index (χ3n) is 5.41. The van der Waals surface area contributed by atoms with Crippen LogP contribution in [0, 0.1) is 0 Å². The van der Waals surface area contributed by atoms with Crippen LogP contribution in [0.2, 0.25) is 0 Å². The van der Waals surface area contributed by atoms with E-state index in [2.05, 4.69) is 17.6 Å². The summed E-state index contributed by atoms with van der Waals surface area (Å²) in [6, 6.07) is 0. The lowest BCUT2D eigenvalue weighted by Crippen LogP contribution is -2.28. The molecule has 0 aromatic carbocycles. The number of carbonyl (C=O) groups excluding carboxylic acids is 2. The largest absolute Gasteiger partial charge is 0.450 e. The van der Waals surface area contributed by atoms with Gasteiger partial charge in [0.15, 0.2) is 0 Å². The Bertz CT molecular complexity index is 637. The second kappa shape index (κ2) is 29.6. The normalized spacial score (nSPS) is 11.5. The molecule has 11 nitrogen and oxygen atoms in total. The van der Waals surface area contributed by atoms with Crippen LogP contribution in [-0.4, -0.2) is 102 Å². The summed E-state index contributed by atoms with van der Waals surface area (Å²) in [5, 5.41) is 5.63. The van der Waals surface area contributed by atoms with E-state index in [1.165, 1.54) is 25.7 Å². The molecule has 0 aliphatic heterocycles. The van der Waals surface area contributed by atoms with E-state index < -0.39 is 7.60 Å². The average molecular weight is 615 g/mol. The molecule has 0 radical (unpaired) electrons. The highest BCUT2D eigenvalue weighted by Gasteiger charge is 2.22. The Labute approximate surface area is 246 Å². The number of amides is 2. The minimum Gasteiger partial charge on any atom is -0.450 e. The topological polar surface area (TPSA) is 131 Å². The minimum absolute atomic E-state index is 0.00644. The number of hydrogen-bond acceptors (Lipinski definition) is 10. The number of alkyl carbamates (subject to hydrolysis) is 1. The molecular formula is C27H55N2O9PS. The Kier molecular flexibility index (Phi) is 29.0. The van der Waals surface area contributed by atoms with Gasteiger partial charge in [0.05, 0.1) is 65.6 Å². The first-order valence-electron chi connectivity index (χ1n) is 14.8. The molecule has 0 rings (SSSR count). The summed E-state index contributed by atoms with van der Waals surface area (Å²) >= 11 is 1.67. The van der Waals surface area contributed by atoms with Crippen LogP contribution >= 0.6 is 19.4 Å². The van der Waals surface area contributed by atoms with Gasteiger partial charge in [0.25, 0.3) is 0 Å². The molecule has 40 heavy (non-hydrogen) atoms. The molecule has 0 aliphatic carbocycles. The van der Waals surface area contributed by atoms with E-state index in [4.69, 9.17) is 28.0 Å². The molecule has 0 bridgehead atoms. The highest BCUT2D eigenvalue weighted by atomic mass is 32.2. The molecular weight excluding hydrogens is 559 g/mol. The second-order valence-corrected chi connectivity index (χ2v) is 12.3. The van der Waals surface area contributed by atoms with Crippen LogP contribution in [0.5, 0.6) is 0 Å². The Morgan fingerprint density at radius 2 is 1.30 bits per heavy atom. The van der Waals surface area contributed by atoms with Gasteiger partial charge in [-0.05, 0) is 32.4 Å². The third kappa shape index (κ3) is 27.3. The Morgan fingerprint density at radius 3 is 1.98 bits per heavy atom. The lowest BCUT2D eigenvalue weighted by molar-refractivity contribution is -0.120. The van der Waals surface area contributed by atoms with Crippen molar-refractivity contribution in [2.45, 2.75) is 72.1 Å². The van der Waals surface area contributed by atoms with Gasteiger partial charge in [-0.3, -0.25) is 9.36 Å². The van der Waals surface area contributed by atoms with Crippen molar-refractivity contribution in [1.29, 1.82) is 0 Å². The van der Waals surface area contributed by atoms with Crippen molar-refractivity contribution in [3.63, 3.8) is 0 Å². The quantitative estimate of drug-likeness (QED) is 0.0840. The highest BCUT2D eigenvalue weighted by Crippen LogP contribution is 2.47. The highest BCUT2D eigenvalue weighted by molar-refractivity contribution is 7.99. The van der Waals surface area contributed by atoms with E-state index in [0.717, 1.165) is 30.8 Å². The molecule has 0 atom stereocenters. The first-order valence-corrected chi connectivity index (χ1v) is 17.7. The Balaban J connectivity index is 3.38. The monoisotopic (exact) mass is 614 g/mol. The van der Waals surface area contributed by atoms with Crippen LogP contribution in [0.1, 0.15) is 72.1 Å². The van der Waals surface area contributed by atoms with Crippen molar-refractivity contribution in [3.05, 3.63) is 0 Å². The number of thioether (sulfide) groups is 1. The fourth-order valence-electron chi connectivity index (χ4n) is 3.37. The molecule has 0 aromatic rings. The van der Waals surface area contributed by atoms with Crippen LogP contribution in [0.25, 0.3) is 0 Å². The summed E-state index contributed by atoms with van der Waals surface area (Å²) in [5.74, 6) is 1.56. The maximum absolute atomic E-state index is 12.3. The van der Waals surface area contributed by atoms with E-state index >= 15 is 0 Å². The van der Waals surface area contributed by atoms with E-state index in [-0.39, 0.29) is 24.8 Å². The van der Waals surface area contributed by atoms with Gasteiger partial charge in [-0.1, -0.05) is 39.0 Å². The van der Waals surface area contributed by atoms with Crippen molar-refractivity contribution in [2.24, 2.45) is 0 Å². The van der Waals surface area contributed by atoms with Crippen molar-refractivity contribution < 1.29 is 42.1 Å². The number of rotatable bonds is 30. The van der Waals surface area contributed by atoms with Gasteiger partial charge in [0, 0.05) is 25.3 Å². The molecule has 0 fully saturated rings. The van der Waals surface area contributed by atoms with Crippen LogP contribution in [0.15, 0.2) is 0 Å². The lowest BCUT2D eigenvalue weighted by atomic mass is 10.1. The van der Waals surface area contributed by atoms with Crippen molar-refractivity contribution in [2.75, 3.05) is 90.2 Å². The van der Waals surface area contributed by atoms with Crippen LogP contribution in [0.3, 0.4) is 0 Å². The van der Waals surface area contributed by atoms with Gasteiger partial charge in [-0.15, -0.1) is 0 Å². The van der Waals surface area contributed by atoms with E-state index in [9.17, 15) is 14.2 Å². The molecule has 0 aromatic heterocycles. The molecule has 0 spiro atoms. The van der Waals surface area contributed by atoms with Gasteiger partial charge >= 0.3 is 13.7 Å². The van der Waals surface area contributed by atoms with Gasteiger partial charge < -0.3 is 38.6 Å². The molecule has 0 saturated heterocycles. The first-order chi connectivity index (χ1) is 19.5. The summed E-state index contributed by atoms with van der Waals surface area (Å²) in [6.07, 6.45) is 8.23. The third-order valence-corrected chi connectivity index (χ3v) is 8.52. The van der Waals surface area contributed by atoms with Gasteiger partial charge in [-0.2, -0.15) is 11.8 Å². The standard InChI is InChI=1S/C27H55N2O9PS/c1-4-7-8-9-10-11-14-29-27(31)36-16-12-24-40-25-13-26(30)28-15-17-33-18-19-34-20-21-35-22-23-39(32,37-5-2)38-6-3/h4-25H2,1-3H3,(H,28,30)(H,29,31). The number of nitrogens with one attached hydrogen (secondary N) is 2. The van der Waals surface area contributed by atoms with Crippen molar-refractivity contribution in [3.8, 4) is 0 Å². The zero-order chi connectivity index (χ0) is 29.6. The van der Waals surface area contributed by atoms with Crippen LogP contribution in [0.4, 0.5) is 4.79 Å². The van der Waals surface area contributed by atoms with E-state index in [1.54, 1.807) is 25.6 Å². The maximum atomic E-state index is 12.3. The smallest absolute Gasteiger partial charge is 0.407 e. The SMILES string of the molecule is CCCCCCCCNC(=O)OCCCSCCC(=O)NCCOCCOCCOCCP(=O)(OCC)OCC. The molecule has 0 saturated carbocycles. The Morgan fingerprint density at radius 1 is 0.675 bits per heavy atom. The minimum atomic E-state index is -3.06. The second-order valence-electron chi connectivity index (χ2n) is 8.90. The summed E-state index contributed by atoms with van der Waals surface area (Å²) in [6.45, 7) is 10.3. The van der Waals surface area contributed by atoms with Crippen molar-refractivity contribution >= 4 is 31.4 Å². The molecule has 13 heteroatoms. The van der Waals surface area contributed by atoms with Crippen LogP contribution < -0.4 is 10.6 Å². The molecule has 0 aliphatic rings. The van der Waals surface area contributed by atoms with Crippen molar-refractivity contribution in [1.82, 2.24) is 10.6 Å².